The predicted octanol–water partition coefficient (Wildman–Crippen LogP) is 2.23. The Morgan fingerprint density at radius 2 is 1.71 bits per heavy atom. The summed E-state index contributed by atoms with van der Waals surface area (Å²) in [5.74, 6) is 1.00. The van der Waals surface area contributed by atoms with Gasteiger partial charge in [-0.25, -0.2) is 4.79 Å². The van der Waals surface area contributed by atoms with E-state index in [0.29, 0.717) is 0 Å². The smallest absolute Gasteiger partial charge is 0.271 e. The van der Waals surface area contributed by atoms with Crippen LogP contribution >= 0.6 is 0 Å². The van der Waals surface area contributed by atoms with Gasteiger partial charge >= 0.3 is 5.91 Å². The molecular formula is C14H21N2O+. The first kappa shape index (κ1) is 13.4. The molecule has 0 saturated heterocycles. The van der Waals surface area contributed by atoms with Crippen molar-refractivity contribution in [3.8, 4) is 0 Å². The molecule has 0 atom stereocenters. The molecule has 1 aromatic rings. The standard InChI is InChI=1S/C14H21N2O/c1-11(2)16(12(3)15(4)5)14(17)13-9-7-6-8-10-13/h6-11H,1-5H3/q+1. The molecule has 0 aromatic heterocycles. The normalized spacial score (nSPS) is 10.2. The quantitative estimate of drug-likeness (QED) is 0.436. The van der Waals surface area contributed by atoms with Gasteiger partial charge in [-0.05, 0) is 26.0 Å². The van der Waals surface area contributed by atoms with Crippen molar-refractivity contribution < 1.29 is 9.37 Å². The van der Waals surface area contributed by atoms with Gasteiger partial charge < -0.3 is 0 Å². The van der Waals surface area contributed by atoms with Crippen LogP contribution in [0, 0.1) is 0 Å². The van der Waals surface area contributed by atoms with E-state index >= 15 is 0 Å². The van der Waals surface area contributed by atoms with E-state index in [9.17, 15) is 4.79 Å². The van der Waals surface area contributed by atoms with E-state index in [2.05, 4.69) is 0 Å². The van der Waals surface area contributed by atoms with Gasteiger partial charge in [0.1, 0.15) is 0 Å². The van der Waals surface area contributed by atoms with Gasteiger partial charge in [0.25, 0.3) is 5.84 Å². The average Bonchev–Trinajstić information content (AvgIpc) is 2.29. The van der Waals surface area contributed by atoms with Crippen LogP contribution in [0.5, 0.6) is 0 Å². The Morgan fingerprint density at radius 3 is 2.12 bits per heavy atom. The second-order valence-electron chi connectivity index (χ2n) is 4.58. The van der Waals surface area contributed by atoms with E-state index in [1.807, 2.05) is 74.7 Å². The monoisotopic (exact) mass is 233 g/mol. The van der Waals surface area contributed by atoms with Gasteiger partial charge in [-0.2, -0.15) is 4.90 Å². The summed E-state index contributed by atoms with van der Waals surface area (Å²) in [6.07, 6.45) is 0. The number of amidine groups is 1. The van der Waals surface area contributed by atoms with Crippen molar-refractivity contribution in [1.82, 2.24) is 4.90 Å². The summed E-state index contributed by atoms with van der Waals surface area (Å²) in [6, 6.07) is 9.53. The highest BCUT2D eigenvalue weighted by molar-refractivity contribution is 6.04. The van der Waals surface area contributed by atoms with Crippen molar-refractivity contribution in [3.05, 3.63) is 35.9 Å². The van der Waals surface area contributed by atoms with E-state index < -0.39 is 0 Å². The van der Waals surface area contributed by atoms with Gasteiger partial charge in [0.05, 0.1) is 25.7 Å². The number of nitrogens with zero attached hydrogens (tertiary/aromatic N) is 2. The zero-order chi connectivity index (χ0) is 13.0. The zero-order valence-corrected chi connectivity index (χ0v) is 11.3. The first-order valence-electron chi connectivity index (χ1n) is 5.84. The lowest BCUT2D eigenvalue weighted by molar-refractivity contribution is -0.470. The molecule has 0 heterocycles. The number of carbonyl (C=O) groups excluding carboxylic acids is 1. The van der Waals surface area contributed by atoms with Crippen LogP contribution in [0.1, 0.15) is 31.1 Å². The van der Waals surface area contributed by atoms with Crippen LogP contribution < -0.4 is 0 Å². The topological polar surface area (TPSA) is 23.3 Å². The van der Waals surface area contributed by atoms with Gasteiger partial charge in [-0.15, -0.1) is 0 Å². The molecule has 0 fully saturated rings. The Kier molecular flexibility index (Phi) is 4.44. The number of rotatable bonds is 2. The molecule has 0 radical (unpaired) electrons. The number of amides is 1. The summed E-state index contributed by atoms with van der Waals surface area (Å²) in [7, 11) is 3.89. The van der Waals surface area contributed by atoms with E-state index in [1.165, 1.54) is 0 Å². The molecule has 0 N–H and O–H groups in total. The van der Waals surface area contributed by atoms with Gasteiger partial charge in [0.2, 0.25) is 0 Å². The van der Waals surface area contributed by atoms with Crippen LogP contribution in [0.3, 0.4) is 0 Å². The zero-order valence-electron chi connectivity index (χ0n) is 11.3. The third-order valence-corrected chi connectivity index (χ3v) is 2.75. The summed E-state index contributed by atoms with van der Waals surface area (Å²) in [4.78, 5) is 14.2. The number of carbonyl (C=O) groups is 1. The van der Waals surface area contributed by atoms with Crippen LogP contribution in [0.2, 0.25) is 0 Å². The molecule has 1 rings (SSSR count). The molecule has 0 aliphatic heterocycles. The van der Waals surface area contributed by atoms with E-state index in [-0.39, 0.29) is 11.9 Å². The molecule has 1 aromatic carbocycles. The third-order valence-electron chi connectivity index (χ3n) is 2.75. The van der Waals surface area contributed by atoms with Crippen molar-refractivity contribution in [2.75, 3.05) is 14.1 Å². The third kappa shape index (κ3) is 3.16. The minimum absolute atomic E-state index is 0.0480. The van der Waals surface area contributed by atoms with Gasteiger partial charge in [0.15, 0.2) is 0 Å². The number of hydrogen-bond donors (Lipinski definition) is 0. The lowest BCUT2D eigenvalue weighted by Gasteiger charge is -2.20. The summed E-state index contributed by atoms with van der Waals surface area (Å²) in [5, 5.41) is 0. The van der Waals surface area contributed by atoms with Crippen molar-refractivity contribution in [1.29, 1.82) is 0 Å². The molecule has 3 nitrogen and oxygen atoms in total. The first-order valence-corrected chi connectivity index (χ1v) is 5.84. The molecule has 0 spiro atoms. The highest BCUT2D eigenvalue weighted by Crippen LogP contribution is 2.09. The summed E-state index contributed by atoms with van der Waals surface area (Å²) in [5.41, 5.74) is 0.724. The lowest BCUT2D eigenvalue weighted by Crippen LogP contribution is -2.43. The number of benzene rings is 1. The van der Waals surface area contributed by atoms with Crippen molar-refractivity contribution in [2.24, 2.45) is 0 Å². The fourth-order valence-electron chi connectivity index (χ4n) is 1.69. The Bertz CT molecular complexity index is 417. The molecule has 0 aliphatic carbocycles. The van der Waals surface area contributed by atoms with Gasteiger partial charge in [0, 0.05) is 6.92 Å². The fraction of sp³-hybridized carbons (Fsp3) is 0.429. The minimum Gasteiger partial charge on any atom is -0.271 e. The molecule has 0 saturated carbocycles. The van der Waals surface area contributed by atoms with Gasteiger partial charge in [-0.3, -0.25) is 4.58 Å². The van der Waals surface area contributed by atoms with Crippen molar-refractivity contribution >= 4 is 11.7 Å². The highest BCUT2D eigenvalue weighted by Gasteiger charge is 2.28. The maximum Gasteiger partial charge on any atom is 0.341 e. The lowest BCUT2D eigenvalue weighted by atomic mass is 10.1. The summed E-state index contributed by atoms with van der Waals surface area (Å²) in [6.45, 7) is 6.00. The molecule has 92 valence electrons. The molecule has 0 aliphatic rings. The Hall–Kier alpha value is -1.64. The molecule has 0 bridgehead atoms. The Labute approximate surface area is 103 Å². The Balaban J connectivity index is 3.10. The summed E-state index contributed by atoms with van der Waals surface area (Å²) >= 11 is 0. The van der Waals surface area contributed by atoms with Crippen LogP contribution in [0.25, 0.3) is 0 Å². The van der Waals surface area contributed by atoms with E-state index in [4.69, 9.17) is 0 Å². The predicted molar refractivity (Wildman–Crippen MR) is 70.5 cm³/mol. The maximum atomic E-state index is 12.4. The van der Waals surface area contributed by atoms with Crippen LogP contribution in [0.15, 0.2) is 30.3 Å². The number of hydrogen-bond acceptors (Lipinski definition) is 1. The average molecular weight is 233 g/mol. The van der Waals surface area contributed by atoms with Crippen LogP contribution in [0.4, 0.5) is 0 Å². The molecule has 3 heteroatoms. The molecule has 17 heavy (non-hydrogen) atoms. The fourth-order valence-corrected chi connectivity index (χ4v) is 1.69. The van der Waals surface area contributed by atoms with Gasteiger partial charge in [-0.1, -0.05) is 18.2 Å². The maximum absolute atomic E-state index is 12.4. The summed E-state index contributed by atoms with van der Waals surface area (Å²) < 4.78 is 1.96. The van der Waals surface area contributed by atoms with E-state index in [1.54, 1.807) is 0 Å². The van der Waals surface area contributed by atoms with Crippen LogP contribution in [-0.4, -0.2) is 41.4 Å². The SMILES string of the molecule is CC(N(C(=O)c1ccccc1)C(C)C)=[N+](C)C. The highest BCUT2D eigenvalue weighted by atomic mass is 16.2. The van der Waals surface area contributed by atoms with Crippen LogP contribution in [-0.2, 0) is 0 Å². The Morgan fingerprint density at radius 1 is 1.18 bits per heavy atom. The van der Waals surface area contributed by atoms with Crippen molar-refractivity contribution in [3.63, 3.8) is 0 Å². The first-order chi connectivity index (χ1) is 7.95. The largest absolute Gasteiger partial charge is 0.341 e. The van der Waals surface area contributed by atoms with E-state index in [0.717, 1.165) is 11.4 Å². The molecular weight excluding hydrogens is 212 g/mol. The minimum atomic E-state index is 0.0480. The van der Waals surface area contributed by atoms with Crippen molar-refractivity contribution in [2.45, 2.75) is 26.8 Å². The second kappa shape index (κ2) is 5.62. The second-order valence-corrected chi connectivity index (χ2v) is 4.58. The molecule has 1 amide bonds. The molecule has 0 unspecified atom stereocenters.